The lowest BCUT2D eigenvalue weighted by molar-refractivity contribution is 0.0684. The van der Waals surface area contributed by atoms with E-state index < -0.39 is 5.82 Å². The fourth-order valence-corrected chi connectivity index (χ4v) is 3.65. The van der Waals surface area contributed by atoms with E-state index in [1.165, 1.54) is 26.0 Å². The minimum Gasteiger partial charge on any atom is -0.494 e. The molecule has 0 N–H and O–H groups in total. The highest BCUT2D eigenvalue weighted by molar-refractivity contribution is 5.56. The van der Waals surface area contributed by atoms with Crippen LogP contribution in [0.2, 0.25) is 0 Å². The Hall–Kier alpha value is -1.92. The monoisotopic (exact) mass is 374 g/mol. The standard InChI is InChI=1S/C21H27FN2O3/c1-14-19(13-24(11-15-5-6-15)12-17-4-3-9-26-17)23-21(27-14)16-7-8-18(22)20(10-16)25-2/h7-8,10,15,17H,3-6,9,11-13H2,1-2H3/t17-/m1/s1. The second-order valence-electron chi connectivity index (χ2n) is 7.64. The van der Waals surface area contributed by atoms with Gasteiger partial charge in [-0.2, -0.15) is 0 Å². The van der Waals surface area contributed by atoms with Crippen molar-refractivity contribution in [3.63, 3.8) is 0 Å². The third kappa shape index (κ3) is 4.50. The first-order valence-corrected chi connectivity index (χ1v) is 9.76. The van der Waals surface area contributed by atoms with E-state index in [0.29, 0.717) is 12.0 Å². The number of aromatic nitrogens is 1. The summed E-state index contributed by atoms with van der Waals surface area (Å²) in [5.41, 5.74) is 1.66. The van der Waals surface area contributed by atoms with E-state index in [1.54, 1.807) is 12.1 Å². The van der Waals surface area contributed by atoms with Crippen LogP contribution in [-0.2, 0) is 11.3 Å². The maximum Gasteiger partial charge on any atom is 0.226 e. The summed E-state index contributed by atoms with van der Waals surface area (Å²) in [6.07, 6.45) is 5.26. The number of methoxy groups -OCH3 is 1. The molecular formula is C21H27FN2O3. The molecule has 0 radical (unpaired) electrons. The fourth-order valence-electron chi connectivity index (χ4n) is 3.65. The Bertz CT molecular complexity index is 782. The molecule has 1 aromatic heterocycles. The lowest BCUT2D eigenvalue weighted by Gasteiger charge is -2.24. The second-order valence-corrected chi connectivity index (χ2v) is 7.64. The van der Waals surface area contributed by atoms with E-state index in [4.69, 9.17) is 18.9 Å². The summed E-state index contributed by atoms with van der Waals surface area (Å²) in [6, 6.07) is 4.67. The summed E-state index contributed by atoms with van der Waals surface area (Å²) in [5.74, 6) is 1.92. The molecule has 2 aromatic rings. The summed E-state index contributed by atoms with van der Waals surface area (Å²) < 4.78 is 30.5. The molecule has 0 unspecified atom stereocenters. The van der Waals surface area contributed by atoms with Gasteiger partial charge in [0.15, 0.2) is 11.6 Å². The van der Waals surface area contributed by atoms with Gasteiger partial charge in [-0.1, -0.05) is 0 Å². The Labute approximate surface area is 159 Å². The third-order valence-corrected chi connectivity index (χ3v) is 5.36. The summed E-state index contributed by atoms with van der Waals surface area (Å²) >= 11 is 0. The van der Waals surface area contributed by atoms with E-state index in [1.807, 2.05) is 6.92 Å². The van der Waals surface area contributed by atoms with Crippen LogP contribution in [0.1, 0.15) is 37.1 Å². The van der Waals surface area contributed by atoms with E-state index >= 15 is 0 Å². The highest BCUT2D eigenvalue weighted by atomic mass is 19.1. The molecule has 1 saturated carbocycles. The summed E-state index contributed by atoms with van der Waals surface area (Å²) in [4.78, 5) is 7.15. The molecule has 1 aliphatic heterocycles. The smallest absolute Gasteiger partial charge is 0.226 e. The zero-order valence-corrected chi connectivity index (χ0v) is 16.0. The molecule has 2 aliphatic rings. The third-order valence-electron chi connectivity index (χ3n) is 5.36. The van der Waals surface area contributed by atoms with Gasteiger partial charge in [0.05, 0.1) is 18.9 Å². The number of benzene rings is 1. The minimum absolute atomic E-state index is 0.193. The lowest BCUT2D eigenvalue weighted by atomic mass is 10.2. The maximum atomic E-state index is 13.7. The quantitative estimate of drug-likeness (QED) is 0.693. The second kappa shape index (κ2) is 7.98. The number of oxazole rings is 1. The van der Waals surface area contributed by atoms with Crippen molar-refractivity contribution in [2.24, 2.45) is 5.92 Å². The van der Waals surface area contributed by atoms with Crippen LogP contribution >= 0.6 is 0 Å². The van der Waals surface area contributed by atoms with Crippen molar-refractivity contribution in [3.8, 4) is 17.2 Å². The molecule has 1 aromatic carbocycles. The predicted octanol–water partition coefficient (Wildman–Crippen LogP) is 4.19. The normalized spacial score (nSPS) is 19.8. The first-order chi connectivity index (χ1) is 13.1. The van der Waals surface area contributed by atoms with Crippen LogP contribution in [0.25, 0.3) is 11.5 Å². The van der Waals surface area contributed by atoms with Crippen molar-refractivity contribution in [1.82, 2.24) is 9.88 Å². The average molecular weight is 374 g/mol. The number of hydrogen-bond acceptors (Lipinski definition) is 5. The predicted molar refractivity (Wildman–Crippen MR) is 100 cm³/mol. The van der Waals surface area contributed by atoms with E-state index in [2.05, 4.69) is 4.90 Å². The fraction of sp³-hybridized carbons (Fsp3) is 0.571. The molecule has 6 heteroatoms. The summed E-state index contributed by atoms with van der Waals surface area (Å²) in [5, 5.41) is 0. The topological polar surface area (TPSA) is 47.7 Å². The zero-order valence-electron chi connectivity index (χ0n) is 16.0. The molecule has 4 rings (SSSR count). The van der Waals surface area contributed by atoms with Crippen LogP contribution in [0.15, 0.2) is 22.6 Å². The first-order valence-electron chi connectivity index (χ1n) is 9.76. The van der Waals surface area contributed by atoms with Gasteiger partial charge in [0.1, 0.15) is 5.76 Å². The zero-order chi connectivity index (χ0) is 18.8. The molecule has 5 nitrogen and oxygen atoms in total. The Morgan fingerprint density at radius 3 is 2.81 bits per heavy atom. The molecular weight excluding hydrogens is 347 g/mol. The molecule has 1 atom stereocenters. The van der Waals surface area contributed by atoms with Crippen LogP contribution in [0, 0.1) is 18.7 Å². The Balaban J connectivity index is 1.50. The number of nitrogens with zero attached hydrogens (tertiary/aromatic N) is 2. The largest absolute Gasteiger partial charge is 0.494 e. The van der Waals surface area contributed by atoms with Crippen molar-refractivity contribution in [1.29, 1.82) is 0 Å². The molecule has 0 amide bonds. The Kier molecular flexibility index (Phi) is 5.45. The SMILES string of the molecule is COc1cc(-c2nc(CN(CC3CC3)C[C@H]3CCCO3)c(C)o2)ccc1F. The van der Waals surface area contributed by atoms with Gasteiger partial charge in [0.25, 0.3) is 0 Å². The van der Waals surface area contributed by atoms with Gasteiger partial charge in [-0.15, -0.1) is 0 Å². The van der Waals surface area contributed by atoms with E-state index in [-0.39, 0.29) is 5.75 Å². The first kappa shape index (κ1) is 18.4. The van der Waals surface area contributed by atoms with Gasteiger partial charge in [-0.05, 0) is 56.7 Å². The number of halogens is 1. The number of hydrogen-bond donors (Lipinski definition) is 0. The van der Waals surface area contributed by atoms with Crippen molar-refractivity contribution in [2.75, 3.05) is 26.8 Å². The molecule has 2 fully saturated rings. The average Bonchev–Trinajstić information content (AvgIpc) is 3.18. The molecule has 1 saturated heterocycles. The molecule has 27 heavy (non-hydrogen) atoms. The van der Waals surface area contributed by atoms with E-state index in [0.717, 1.165) is 62.0 Å². The molecule has 0 bridgehead atoms. The Morgan fingerprint density at radius 1 is 1.26 bits per heavy atom. The van der Waals surface area contributed by atoms with Gasteiger partial charge in [-0.25, -0.2) is 9.37 Å². The van der Waals surface area contributed by atoms with Crippen LogP contribution in [0.5, 0.6) is 5.75 Å². The maximum absolute atomic E-state index is 13.7. The van der Waals surface area contributed by atoms with Gasteiger partial charge in [0.2, 0.25) is 5.89 Å². The summed E-state index contributed by atoms with van der Waals surface area (Å²) in [7, 11) is 1.45. The molecule has 0 spiro atoms. The Morgan fingerprint density at radius 2 is 2.11 bits per heavy atom. The van der Waals surface area contributed by atoms with Crippen LogP contribution in [-0.4, -0.2) is 42.8 Å². The van der Waals surface area contributed by atoms with E-state index in [9.17, 15) is 4.39 Å². The van der Waals surface area contributed by atoms with Gasteiger partial charge in [-0.3, -0.25) is 4.90 Å². The van der Waals surface area contributed by atoms with Crippen molar-refractivity contribution in [2.45, 2.75) is 45.3 Å². The van der Waals surface area contributed by atoms with Crippen LogP contribution in [0.4, 0.5) is 4.39 Å². The van der Waals surface area contributed by atoms with Gasteiger partial charge < -0.3 is 13.9 Å². The van der Waals surface area contributed by atoms with Crippen LogP contribution in [0.3, 0.4) is 0 Å². The highest BCUT2D eigenvalue weighted by Crippen LogP contribution is 2.32. The van der Waals surface area contributed by atoms with Crippen molar-refractivity contribution < 1.29 is 18.3 Å². The molecule has 146 valence electrons. The molecule has 2 heterocycles. The minimum atomic E-state index is -0.392. The van der Waals surface area contributed by atoms with Crippen LogP contribution < -0.4 is 4.74 Å². The summed E-state index contributed by atoms with van der Waals surface area (Å²) in [6.45, 7) is 5.60. The number of ether oxygens (including phenoxy) is 2. The van der Waals surface area contributed by atoms with Crippen molar-refractivity contribution in [3.05, 3.63) is 35.5 Å². The highest BCUT2D eigenvalue weighted by Gasteiger charge is 2.28. The van der Waals surface area contributed by atoms with Gasteiger partial charge in [0, 0.05) is 31.8 Å². The molecule has 1 aliphatic carbocycles. The number of aryl methyl sites for hydroxylation is 1. The number of rotatable bonds is 8. The van der Waals surface area contributed by atoms with Crippen molar-refractivity contribution >= 4 is 0 Å². The lowest BCUT2D eigenvalue weighted by Crippen LogP contribution is -2.33. The van der Waals surface area contributed by atoms with Gasteiger partial charge >= 0.3 is 0 Å².